The Bertz CT molecular complexity index is 514. The Kier molecular flexibility index (Phi) is 4.50. The molecule has 1 fully saturated rings. The summed E-state index contributed by atoms with van der Waals surface area (Å²) in [6.45, 7) is 3.50. The summed E-state index contributed by atoms with van der Waals surface area (Å²) in [6, 6.07) is 6.81. The van der Waals surface area contributed by atoms with Gasteiger partial charge in [-0.15, -0.1) is 0 Å². The van der Waals surface area contributed by atoms with Crippen LogP contribution in [0.3, 0.4) is 0 Å². The number of ether oxygens (including phenoxy) is 2. The highest BCUT2D eigenvalue weighted by Crippen LogP contribution is 2.48. The Morgan fingerprint density at radius 3 is 2.43 bits per heavy atom. The van der Waals surface area contributed by atoms with Crippen LogP contribution in [0.4, 0.5) is 0 Å². The molecule has 0 heterocycles. The summed E-state index contributed by atoms with van der Waals surface area (Å²) < 4.78 is 10.2. The van der Waals surface area contributed by atoms with Gasteiger partial charge in [0, 0.05) is 12.3 Å². The maximum atomic E-state index is 11.8. The number of carbonyl (C=O) groups excluding carboxylic acids is 2. The monoisotopic (exact) mass is 292 g/mol. The normalized spacial score (nSPS) is 24.0. The Labute approximate surface area is 123 Å². The maximum absolute atomic E-state index is 11.8. The van der Waals surface area contributed by atoms with Gasteiger partial charge in [0.1, 0.15) is 11.9 Å². The molecule has 1 saturated carbocycles. The van der Waals surface area contributed by atoms with Gasteiger partial charge in [-0.3, -0.25) is 9.59 Å². The van der Waals surface area contributed by atoms with Gasteiger partial charge in [0.2, 0.25) is 0 Å². The first-order chi connectivity index (χ1) is 9.95. The van der Waals surface area contributed by atoms with Crippen molar-refractivity contribution >= 4 is 11.9 Å². The molecule has 0 spiro atoms. The molecule has 2 rings (SSSR count). The van der Waals surface area contributed by atoms with Gasteiger partial charge in [-0.1, -0.05) is 12.1 Å². The predicted octanol–water partition coefficient (Wildman–Crippen LogP) is 2.31. The molecule has 5 nitrogen and oxygen atoms in total. The molecule has 0 amide bonds. The Hall–Kier alpha value is -2.04. The molecule has 1 aromatic carbocycles. The second-order valence-corrected chi connectivity index (χ2v) is 5.45. The highest BCUT2D eigenvalue weighted by molar-refractivity contribution is 5.72. The molecule has 0 aliphatic heterocycles. The third kappa shape index (κ3) is 3.54. The lowest BCUT2D eigenvalue weighted by Crippen LogP contribution is -2.48. The number of aromatic hydroxyl groups is 1. The molecule has 0 radical (unpaired) electrons. The molecule has 0 saturated heterocycles. The van der Waals surface area contributed by atoms with Gasteiger partial charge in [0.25, 0.3) is 0 Å². The molecular weight excluding hydrogens is 272 g/mol. The van der Waals surface area contributed by atoms with Gasteiger partial charge in [0.15, 0.2) is 0 Å². The number of carbonyl (C=O) groups is 2. The summed E-state index contributed by atoms with van der Waals surface area (Å²) in [6.07, 6.45) is 1.28. The van der Waals surface area contributed by atoms with Crippen LogP contribution in [0.15, 0.2) is 24.3 Å². The zero-order valence-electron chi connectivity index (χ0n) is 12.3. The van der Waals surface area contributed by atoms with Crippen LogP contribution in [0.2, 0.25) is 0 Å². The fourth-order valence-corrected chi connectivity index (χ4v) is 2.92. The van der Waals surface area contributed by atoms with Crippen molar-refractivity contribution in [3.8, 4) is 5.75 Å². The molecule has 1 aliphatic carbocycles. The van der Waals surface area contributed by atoms with E-state index in [2.05, 4.69) is 0 Å². The average Bonchev–Trinajstić information content (AvgIpc) is 2.36. The van der Waals surface area contributed by atoms with Gasteiger partial charge in [0.05, 0.1) is 13.0 Å². The van der Waals surface area contributed by atoms with Crippen molar-refractivity contribution in [1.82, 2.24) is 0 Å². The first-order valence-corrected chi connectivity index (χ1v) is 7.07. The van der Waals surface area contributed by atoms with E-state index in [1.54, 1.807) is 31.2 Å². The second kappa shape index (κ2) is 6.16. The lowest BCUT2D eigenvalue weighted by atomic mass is 9.61. The highest BCUT2D eigenvalue weighted by Gasteiger charge is 2.48. The minimum absolute atomic E-state index is 0.161. The van der Waals surface area contributed by atoms with E-state index in [9.17, 15) is 14.7 Å². The largest absolute Gasteiger partial charge is 0.508 e. The van der Waals surface area contributed by atoms with Crippen molar-refractivity contribution in [2.75, 3.05) is 6.61 Å². The van der Waals surface area contributed by atoms with Gasteiger partial charge >= 0.3 is 11.9 Å². The zero-order valence-corrected chi connectivity index (χ0v) is 12.3. The third-order valence-electron chi connectivity index (χ3n) is 3.84. The van der Waals surface area contributed by atoms with Crippen LogP contribution in [0, 0.1) is 0 Å². The molecule has 21 heavy (non-hydrogen) atoms. The Morgan fingerprint density at radius 1 is 1.29 bits per heavy atom. The topological polar surface area (TPSA) is 72.8 Å². The van der Waals surface area contributed by atoms with Crippen LogP contribution >= 0.6 is 0 Å². The van der Waals surface area contributed by atoms with Gasteiger partial charge in [-0.2, -0.15) is 0 Å². The average molecular weight is 292 g/mol. The standard InChI is InChI=1S/C16H20O5/c1-3-20-15(19)10-16(8-14(9-16)21-11(2)17)12-4-6-13(18)7-5-12/h4-7,14,18H,3,8-10H2,1-2H3. The van der Waals surface area contributed by atoms with Crippen LogP contribution in [0.5, 0.6) is 5.75 Å². The smallest absolute Gasteiger partial charge is 0.306 e. The molecule has 0 unspecified atom stereocenters. The third-order valence-corrected chi connectivity index (χ3v) is 3.84. The number of rotatable bonds is 5. The van der Waals surface area contributed by atoms with Crippen molar-refractivity contribution in [2.45, 2.75) is 44.6 Å². The van der Waals surface area contributed by atoms with Crippen LogP contribution in [0.25, 0.3) is 0 Å². The second-order valence-electron chi connectivity index (χ2n) is 5.45. The maximum Gasteiger partial charge on any atom is 0.306 e. The van der Waals surface area contributed by atoms with E-state index in [4.69, 9.17) is 9.47 Å². The first-order valence-electron chi connectivity index (χ1n) is 7.07. The molecular formula is C16H20O5. The van der Waals surface area contributed by atoms with Crippen LogP contribution < -0.4 is 0 Å². The lowest BCUT2D eigenvalue weighted by molar-refractivity contribution is -0.157. The number of esters is 2. The summed E-state index contributed by atoms with van der Waals surface area (Å²) in [4.78, 5) is 22.9. The van der Waals surface area contributed by atoms with Crippen molar-refractivity contribution < 1.29 is 24.2 Å². The fourth-order valence-electron chi connectivity index (χ4n) is 2.92. The quantitative estimate of drug-likeness (QED) is 0.843. The van der Waals surface area contributed by atoms with E-state index in [0.29, 0.717) is 19.4 Å². The van der Waals surface area contributed by atoms with E-state index >= 15 is 0 Å². The molecule has 5 heteroatoms. The SMILES string of the molecule is CCOC(=O)CC1(c2ccc(O)cc2)CC(OC(C)=O)C1. The van der Waals surface area contributed by atoms with E-state index in [0.717, 1.165) is 5.56 Å². The number of hydrogen-bond acceptors (Lipinski definition) is 5. The molecule has 114 valence electrons. The van der Waals surface area contributed by atoms with Crippen LogP contribution in [-0.4, -0.2) is 29.8 Å². The van der Waals surface area contributed by atoms with Gasteiger partial charge in [-0.25, -0.2) is 0 Å². The van der Waals surface area contributed by atoms with E-state index in [1.807, 2.05) is 0 Å². The van der Waals surface area contributed by atoms with Crippen molar-refractivity contribution in [1.29, 1.82) is 0 Å². The van der Waals surface area contributed by atoms with Gasteiger partial charge in [-0.05, 0) is 37.5 Å². The van der Waals surface area contributed by atoms with Gasteiger partial charge < -0.3 is 14.6 Å². The fraction of sp³-hybridized carbons (Fsp3) is 0.500. The Morgan fingerprint density at radius 2 is 1.90 bits per heavy atom. The zero-order chi connectivity index (χ0) is 15.5. The first kappa shape index (κ1) is 15.4. The molecule has 0 bridgehead atoms. The van der Waals surface area contributed by atoms with Crippen LogP contribution in [0.1, 0.15) is 38.7 Å². The highest BCUT2D eigenvalue weighted by atomic mass is 16.5. The molecule has 1 N–H and O–H groups in total. The molecule has 0 aromatic heterocycles. The van der Waals surface area contributed by atoms with Crippen molar-refractivity contribution in [3.63, 3.8) is 0 Å². The summed E-state index contributed by atoms with van der Waals surface area (Å²) in [5, 5.41) is 9.39. The lowest BCUT2D eigenvalue weighted by Gasteiger charge is -2.46. The number of benzene rings is 1. The van der Waals surface area contributed by atoms with Crippen LogP contribution in [-0.2, 0) is 24.5 Å². The summed E-state index contributed by atoms with van der Waals surface area (Å²) in [5.74, 6) is -0.386. The molecule has 0 atom stereocenters. The van der Waals surface area contributed by atoms with E-state index in [1.165, 1.54) is 6.92 Å². The Balaban J connectivity index is 2.14. The molecule has 1 aliphatic rings. The summed E-state index contributed by atoms with van der Waals surface area (Å²) in [7, 11) is 0. The summed E-state index contributed by atoms with van der Waals surface area (Å²) in [5.41, 5.74) is 0.580. The number of phenols is 1. The number of hydrogen-bond donors (Lipinski definition) is 1. The summed E-state index contributed by atoms with van der Waals surface area (Å²) >= 11 is 0. The number of phenolic OH excluding ortho intramolecular Hbond substituents is 1. The molecule has 1 aromatic rings. The predicted molar refractivity (Wildman–Crippen MR) is 75.8 cm³/mol. The minimum atomic E-state index is -0.375. The van der Waals surface area contributed by atoms with E-state index in [-0.39, 0.29) is 35.6 Å². The minimum Gasteiger partial charge on any atom is -0.508 e. The van der Waals surface area contributed by atoms with Crippen molar-refractivity contribution in [3.05, 3.63) is 29.8 Å². The van der Waals surface area contributed by atoms with E-state index < -0.39 is 0 Å². The van der Waals surface area contributed by atoms with Crippen molar-refractivity contribution in [2.24, 2.45) is 0 Å².